The number of ether oxygens (including phenoxy) is 2. The third-order valence-electron chi connectivity index (χ3n) is 2.47. The highest BCUT2D eigenvalue weighted by atomic mass is 35.5. The van der Waals surface area contributed by atoms with Gasteiger partial charge in [-0.25, -0.2) is 4.79 Å². The molecule has 0 radical (unpaired) electrons. The number of aliphatic hydroxyl groups is 1. The molecule has 6 nitrogen and oxygen atoms in total. The summed E-state index contributed by atoms with van der Waals surface area (Å²) in [7, 11) is 1.13. The fraction of sp³-hybridized carbons (Fsp3) is 0.167. The molecule has 100 valence electrons. The van der Waals surface area contributed by atoms with Gasteiger partial charge in [0.1, 0.15) is 0 Å². The number of aliphatic hydroxyl groups excluding tert-OH is 1. The Balaban J connectivity index is 2.47. The molecule has 0 bridgehead atoms. The van der Waals surface area contributed by atoms with Crippen molar-refractivity contribution in [2.75, 3.05) is 12.4 Å². The first kappa shape index (κ1) is 13.2. The Morgan fingerprint density at radius 3 is 2.89 bits per heavy atom. The first-order valence-electron chi connectivity index (χ1n) is 5.29. The smallest absolute Gasteiger partial charge is 0.504 e. The zero-order chi connectivity index (χ0) is 14.0. The van der Waals surface area contributed by atoms with Crippen LogP contribution in [0.3, 0.4) is 0 Å². The van der Waals surface area contributed by atoms with E-state index in [-0.39, 0.29) is 17.9 Å². The van der Waals surface area contributed by atoms with Crippen LogP contribution in [0.4, 0.5) is 10.5 Å². The van der Waals surface area contributed by atoms with Crippen molar-refractivity contribution in [2.45, 2.75) is 6.42 Å². The van der Waals surface area contributed by atoms with Gasteiger partial charge in [0.15, 0.2) is 11.5 Å². The quantitative estimate of drug-likeness (QED) is 0.774. The lowest BCUT2D eigenvalue weighted by Crippen LogP contribution is -2.13. The van der Waals surface area contributed by atoms with E-state index < -0.39 is 12.1 Å². The number of rotatable bonds is 1. The van der Waals surface area contributed by atoms with Gasteiger partial charge >= 0.3 is 6.16 Å². The minimum Gasteiger partial charge on any atom is -0.504 e. The summed E-state index contributed by atoms with van der Waals surface area (Å²) in [6, 6.07) is 4.55. The second-order valence-corrected chi connectivity index (χ2v) is 4.18. The van der Waals surface area contributed by atoms with Crippen LogP contribution in [-0.2, 0) is 14.3 Å². The number of amides is 1. The highest BCUT2D eigenvalue weighted by molar-refractivity contribution is 6.31. The minimum absolute atomic E-state index is 0.176. The Kier molecular flexibility index (Phi) is 3.62. The number of methoxy groups -OCH3 is 1. The fourth-order valence-electron chi connectivity index (χ4n) is 1.63. The monoisotopic (exact) mass is 283 g/mol. The first-order valence-corrected chi connectivity index (χ1v) is 5.66. The molecule has 19 heavy (non-hydrogen) atoms. The highest BCUT2D eigenvalue weighted by Crippen LogP contribution is 2.32. The normalized spacial score (nSPS) is 14.3. The van der Waals surface area contributed by atoms with E-state index >= 15 is 0 Å². The highest BCUT2D eigenvalue weighted by Gasteiger charge is 2.24. The second-order valence-electron chi connectivity index (χ2n) is 3.74. The maximum absolute atomic E-state index is 11.7. The summed E-state index contributed by atoms with van der Waals surface area (Å²) in [5.74, 6) is -0.924. The molecule has 0 spiro atoms. The molecule has 2 rings (SSSR count). The van der Waals surface area contributed by atoms with E-state index in [1.54, 1.807) is 6.07 Å². The van der Waals surface area contributed by atoms with E-state index in [1.807, 2.05) is 0 Å². The number of hydrogen-bond donors (Lipinski definition) is 2. The van der Waals surface area contributed by atoms with Crippen molar-refractivity contribution >= 4 is 35.1 Å². The van der Waals surface area contributed by atoms with E-state index in [9.17, 15) is 14.7 Å². The molecule has 1 aromatic carbocycles. The molecule has 1 heterocycles. The second kappa shape index (κ2) is 5.19. The average Bonchev–Trinajstić information content (AvgIpc) is 2.47. The number of anilines is 1. The molecule has 1 aromatic rings. The summed E-state index contributed by atoms with van der Waals surface area (Å²) in [4.78, 5) is 22.7. The van der Waals surface area contributed by atoms with Crippen LogP contribution in [0.2, 0.25) is 5.02 Å². The molecule has 0 saturated carbocycles. The van der Waals surface area contributed by atoms with Crippen LogP contribution in [0.5, 0.6) is 0 Å². The number of nitrogens with one attached hydrogen (secondary N) is 1. The first-order chi connectivity index (χ1) is 9.01. The van der Waals surface area contributed by atoms with E-state index in [1.165, 1.54) is 12.1 Å². The Morgan fingerprint density at radius 1 is 1.47 bits per heavy atom. The zero-order valence-electron chi connectivity index (χ0n) is 9.90. The maximum Gasteiger partial charge on any atom is 0.513 e. The summed E-state index contributed by atoms with van der Waals surface area (Å²) in [6.07, 6.45) is -1.29. The van der Waals surface area contributed by atoms with E-state index in [0.29, 0.717) is 16.3 Å². The molecule has 0 unspecified atom stereocenters. The predicted molar refractivity (Wildman–Crippen MR) is 67.7 cm³/mol. The van der Waals surface area contributed by atoms with Crippen LogP contribution < -0.4 is 5.32 Å². The number of carbonyl (C=O) groups excluding carboxylic acids is 2. The number of hydrogen-bond acceptors (Lipinski definition) is 5. The minimum atomic E-state index is -1.01. The molecular formula is C12H10ClNO5. The largest absolute Gasteiger partial charge is 0.513 e. The Hall–Kier alpha value is -2.21. The van der Waals surface area contributed by atoms with Crippen LogP contribution in [-0.4, -0.2) is 24.3 Å². The van der Waals surface area contributed by atoms with Gasteiger partial charge in [-0.05, 0) is 18.2 Å². The van der Waals surface area contributed by atoms with Gasteiger partial charge in [0.2, 0.25) is 5.91 Å². The molecule has 0 saturated heterocycles. The summed E-state index contributed by atoms with van der Waals surface area (Å²) >= 11 is 5.81. The lowest BCUT2D eigenvalue weighted by Gasteiger charge is -2.08. The Labute approximate surface area is 113 Å². The molecule has 0 atom stereocenters. The van der Waals surface area contributed by atoms with Crippen LogP contribution >= 0.6 is 11.6 Å². The summed E-state index contributed by atoms with van der Waals surface area (Å²) in [6.45, 7) is 0. The standard InChI is InChI=1S/C12H10ClNO5/c1-18-12(17)19-9-5-10(15)14-8-4-6(13)2-3-7(8)11(9)16/h2-4,16H,5H2,1H3,(H,14,15). The summed E-state index contributed by atoms with van der Waals surface area (Å²) in [5.41, 5.74) is 0.660. The van der Waals surface area contributed by atoms with Gasteiger partial charge < -0.3 is 19.9 Å². The van der Waals surface area contributed by atoms with Gasteiger partial charge in [-0.1, -0.05) is 11.6 Å². The number of benzene rings is 1. The van der Waals surface area contributed by atoms with Crippen molar-refractivity contribution in [2.24, 2.45) is 0 Å². The van der Waals surface area contributed by atoms with Crippen molar-refractivity contribution in [3.8, 4) is 0 Å². The van der Waals surface area contributed by atoms with Crippen molar-refractivity contribution in [1.29, 1.82) is 0 Å². The van der Waals surface area contributed by atoms with Crippen LogP contribution in [0.15, 0.2) is 24.0 Å². The average molecular weight is 284 g/mol. The summed E-state index contributed by atoms with van der Waals surface area (Å²) in [5, 5.41) is 13.0. The summed E-state index contributed by atoms with van der Waals surface area (Å²) < 4.78 is 9.09. The molecule has 1 amide bonds. The lowest BCUT2D eigenvalue weighted by atomic mass is 10.1. The van der Waals surface area contributed by atoms with Gasteiger partial charge in [0.05, 0.1) is 19.2 Å². The van der Waals surface area contributed by atoms with Crippen molar-refractivity contribution in [1.82, 2.24) is 0 Å². The maximum atomic E-state index is 11.7. The topological polar surface area (TPSA) is 84.9 Å². The molecule has 2 N–H and O–H groups in total. The molecular weight excluding hydrogens is 274 g/mol. The zero-order valence-corrected chi connectivity index (χ0v) is 10.7. The van der Waals surface area contributed by atoms with Crippen molar-refractivity contribution in [3.63, 3.8) is 0 Å². The van der Waals surface area contributed by atoms with Gasteiger partial charge in [-0.2, -0.15) is 0 Å². The number of halogens is 1. The van der Waals surface area contributed by atoms with E-state index in [2.05, 4.69) is 10.1 Å². The van der Waals surface area contributed by atoms with Gasteiger partial charge in [-0.3, -0.25) is 4.79 Å². The molecule has 1 aliphatic rings. The predicted octanol–water partition coefficient (Wildman–Crippen LogP) is 2.69. The van der Waals surface area contributed by atoms with Crippen LogP contribution in [0.25, 0.3) is 5.76 Å². The molecule has 0 aliphatic carbocycles. The molecule has 7 heteroatoms. The Bertz CT molecular complexity index is 581. The molecule has 0 aromatic heterocycles. The van der Waals surface area contributed by atoms with Gasteiger partial charge in [0.25, 0.3) is 0 Å². The van der Waals surface area contributed by atoms with Crippen LogP contribution in [0.1, 0.15) is 12.0 Å². The Morgan fingerprint density at radius 2 is 2.21 bits per heavy atom. The number of fused-ring (bicyclic) bond motifs is 1. The third kappa shape index (κ3) is 2.79. The van der Waals surface area contributed by atoms with E-state index in [4.69, 9.17) is 16.3 Å². The lowest BCUT2D eigenvalue weighted by molar-refractivity contribution is -0.116. The van der Waals surface area contributed by atoms with Gasteiger partial charge in [0, 0.05) is 10.6 Å². The molecule has 1 aliphatic heterocycles. The SMILES string of the molecule is COC(=O)OC1=C(O)c2ccc(Cl)cc2NC(=O)C1. The van der Waals surface area contributed by atoms with Crippen molar-refractivity contribution < 1.29 is 24.2 Å². The van der Waals surface area contributed by atoms with Crippen LogP contribution in [0, 0.1) is 0 Å². The third-order valence-corrected chi connectivity index (χ3v) is 2.70. The van der Waals surface area contributed by atoms with Gasteiger partial charge in [-0.15, -0.1) is 0 Å². The number of carbonyl (C=O) groups is 2. The fourth-order valence-corrected chi connectivity index (χ4v) is 1.80. The van der Waals surface area contributed by atoms with Crippen molar-refractivity contribution in [3.05, 3.63) is 34.5 Å². The van der Waals surface area contributed by atoms with E-state index in [0.717, 1.165) is 7.11 Å². The molecule has 0 fully saturated rings.